The quantitative estimate of drug-likeness (QED) is 0.767. The normalized spacial score (nSPS) is 21.5. The van der Waals surface area contributed by atoms with Gasteiger partial charge in [-0.05, 0) is 31.0 Å². The first kappa shape index (κ1) is 10.5. The van der Waals surface area contributed by atoms with E-state index in [0.717, 1.165) is 36.5 Å². The van der Waals surface area contributed by atoms with Gasteiger partial charge < -0.3 is 0 Å². The molecule has 1 unspecified atom stereocenters. The molecule has 0 aliphatic carbocycles. The van der Waals surface area contributed by atoms with Gasteiger partial charge in [0.2, 0.25) is 0 Å². The zero-order valence-electron chi connectivity index (χ0n) is 8.49. The second kappa shape index (κ2) is 4.65. The van der Waals surface area contributed by atoms with Crippen molar-refractivity contribution in [2.24, 2.45) is 0 Å². The number of halogens is 1. The largest absolute Gasteiger partial charge is 0.284 e. The number of benzene rings is 1. The summed E-state index contributed by atoms with van der Waals surface area (Å²) in [5.74, 6) is 0. The molecular formula is C12H13ClN2. The third-order valence-electron chi connectivity index (χ3n) is 2.84. The van der Waals surface area contributed by atoms with E-state index in [-0.39, 0.29) is 6.04 Å². The fourth-order valence-corrected chi connectivity index (χ4v) is 2.20. The molecule has 78 valence electrons. The van der Waals surface area contributed by atoms with Crippen molar-refractivity contribution in [2.45, 2.75) is 25.4 Å². The zero-order valence-corrected chi connectivity index (χ0v) is 9.24. The van der Waals surface area contributed by atoms with Crippen molar-refractivity contribution in [2.75, 3.05) is 6.54 Å². The molecule has 0 radical (unpaired) electrons. The summed E-state index contributed by atoms with van der Waals surface area (Å²) in [7, 11) is 0. The van der Waals surface area contributed by atoms with E-state index in [1.807, 2.05) is 24.3 Å². The molecule has 1 saturated heterocycles. The summed E-state index contributed by atoms with van der Waals surface area (Å²) in [6.07, 6.45) is 2.10. The van der Waals surface area contributed by atoms with E-state index < -0.39 is 0 Å². The summed E-state index contributed by atoms with van der Waals surface area (Å²) < 4.78 is 0. The lowest BCUT2D eigenvalue weighted by Gasteiger charge is -2.19. The molecular weight excluding hydrogens is 208 g/mol. The Hall–Kier alpha value is -1.04. The highest BCUT2D eigenvalue weighted by molar-refractivity contribution is 6.31. The van der Waals surface area contributed by atoms with Gasteiger partial charge >= 0.3 is 0 Å². The van der Waals surface area contributed by atoms with E-state index in [1.165, 1.54) is 0 Å². The Morgan fingerprint density at radius 3 is 3.00 bits per heavy atom. The van der Waals surface area contributed by atoms with E-state index in [0.29, 0.717) is 0 Å². The molecule has 0 saturated carbocycles. The molecule has 1 aliphatic rings. The smallest absolute Gasteiger partial charge is 0.0981 e. The first-order valence-electron chi connectivity index (χ1n) is 5.18. The molecule has 0 amide bonds. The lowest BCUT2D eigenvalue weighted by atomic mass is 10.2. The van der Waals surface area contributed by atoms with E-state index in [9.17, 15) is 0 Å². The van der Waals surface area contributed by atoms with Crippen LogP contribution in [0.3, 0.4) is 0 Å². The van der Waals surface area contributed by atoms with Crippen molar-refractivity contribution in [3.63, 3.8) is 0 Å². The molecule has 2 nitrogen and oxygen atoms in total. The van der Waals surface area contributed by atoms with Crippen molar-refractivity contribution in [3.8, 4) is 6.07 Å². The predicted octanol–water partition coefficient (Wildman–Crippen LogP) is 2.83. The Balaban J connectivity index is 2.09. The molecule has 0 bridgehead atoms. The van der Waals surface area contributed by atoms with Gasteiger partial charge in [-0.3, -0.25) is 4.90 Å². The molecule has 1 heterocycles. The maximum atomic E-state index is 8.96. The standard InChI is InChI=1S/C12H13ClN2/c13-12-6-2-1-4-10(12)9-15-7-3-5-11(15)8-14/h1-2,4,6,11H,3,5,7,9H2. The number of nitriles is 1. The van der Waals surface area contributed by atoms with Crippen molar-refractivity contribution in [3.05, 3.63) is 34.9 Å². The summed E-state index contributed by atoms with van der Waals surface area (Å²) in [6.45, 7) is 1.79. The Morgan fingerprint density at radius 2 is 2.27 bits per heavy atom. The maximum Gasteiger partial charge on any atom is 0.0981 e. The van der Waals surface area contributed by atoms with Gasteiger partial charge in [-0.1, -0.05) is 29.8 Å². The lowest BCUT2D eigenvalue weighted by molar-refractivity contribution is 0.286. The van der Waals surface area contributed by atoms with Crippen molar-refractivity contribution in [1.29, 1.82) is 5.26 Å². The number of nitrogens with zero attached hydrogens (tertiary/aromatic N) is 2. The zero-order chi connectivity index (χ0) is 10.7. The average Bonchev–Trinajstić information content (AvgIpc) is 2.69. The molecule has 15 heavy (non-hydrogen) atoms. The number of rotatable bonds is 2. The molecule has 1 aromatic carbocycles. The van der Waals surface area contributed by atoms with Gasteiger partial charge in [-0.25, -0.2) is 0 Å². The van der Waals surface area contributed by atoms with Crippen molar-refractivity contribution in [1.82, 2.24) is 4.90 Å². The first-order valence-corrected chi connectivity index (χ1v) is 5.56. The molecule has 0 spiro atoms. The number of likely N-dealkylation sites (tertiary alicyclic amines) is 1. The van der Waals surface area contributed by atoms with Crippen LogP contribution in [0.1, 0.15) is 18.4 Å². The third-order valence-corrected chi connectivity index (χ3v) is 3.21. The van der Waals surface area contributed by atoms with Crippen LogP contribution in [0.4, 0.5) is 0 Å². The van der Waals surface area contributed by atoms with Crippen LogP contribution < -0.4 is 0 Å². The Labute approximate surface area is 95.1 Å². The van der Waals surface area contributed by atoms with Crippen LogP contribution in [0.15, 0.2) is 24.3 Å². The van der Waals surface area contributed by atoms with Crippen LogP contribution in [0.2, 0.25) is 5.02 Å². The lowest BCUT2D eigenvalue weighted by Crippen LogP contribution is -2.27. The van der Waals surface area contributed by atoms with Crippen LogP contribution in [-0.4, -0.2) is 17.5 Å². The summed E-state index contributed by atoms with van der Waals surface area (Å²) in [6, 6.07) is 10.2. The van der Waals surface area contributed by atoms with E-state index in [2.05, 4.69) is 11.0 Å². The van der Waals surface area contributed by atoms with Crippen LogP contribution >= 0.6 is 11.6 Å². The summed E-state index contributed by atoms with van der Waals surface area (Å²) in [5.41, 5.74) is 1.11. The van der Waals surface area contributed by atoms with Crippen LogP contribution in [0.25, 0.3) is 0 Å². The highest BCUT2D eigenvalue weighted by Gasteiger charge is 2.24. The second-order valence-electron chi connectivity index (χ2n) is 3.85. The minimum absolute atomic E-state index is 0.0706. The summed E-state index contributed by atoms with van der Waals surface area (Å²) in [4.78, 5) is 2.20. The minimum Gasteiger partial charge on any atom is -0.284 e. The van der Waals surface area contributed by atoms with Gasteiger partial charge in [0.15, 0.2) is 0 Å². The monoisotopic (exact) mass is 220 g/mol. The molecule has 1 aliphatic heterocycles. The number of hydrogen-bond acceptors (Lipinski definition) is 2. The highest BCUT2D eigenvalue weighted by atomic mass is 35.5. The molecule has 0 N–H and O–H groups in total. The summed E-state index contributed by atoms with van der Waals surface area (Å²) >= 11 is 6.08. The minimum atomic E-state index is 0.0706. The van der Waals surface area contributed by atoms with Gasteiger partial charge in [-0.15, -0.1) is 0 Å². The van der Waals surface area contributed by atoms with Crippen molar-refractivity contribution >= 4 is 11.6 Å². The van der Waals surface area contributed by atoms with Crippen LogP contribution in [0, 0.1) is 11.3 Å². The fourth-order valence-electron chi connectivity index (χ4n) is 2.01. The molecule has 0 aromatic heterocycles. The Bertz CT molecular complexity index is 383. The van der Waals surface area contributed by atoms with Crippen LogP contribution in [-0.2, 0) is 6.54 Å². The first-order chi connectivity index (χ1) is 7.31. The third kappa shape index (κ3) is 2.31. The molecule has 1 aromatic rings. The van der Waals surface area contributed by atoms with Crippen molar-refractivity contribution < 1.29 is 0 Å². The average molecular weight is 221 g/mol. The maximum absolute atomic E-state index is 8.96. The molecule has 3 heteroatoms. The highest BCUT2D eigenvalue weighted by Crippen LogP contribution is 2.23. The number of hydrogen-bond donors (Lipinski definition) is 0. The van der Waals surface area contributed by atoms with Gasteiger partial charge in [0.25, 0.3) is 0 Å². The van der Waals surface area contributed by atoms with Crippen LogP contribution in [0.5, 0.6) is 0 Å². The molecule has 2 rings (SSSR count). The predicted molar refractivity (Wildman–Crippen MR) is 60.5 cm³/mol. The fraction of sp³-hybridized carbons (Fsp3) is 0.417. The molecule has 1 atom stereocenters. The van der Waals surface area contributed by atoms with Gasteiger partial charge in [0, 0.05) is 11.6 Å². The van der Waals surface area contributed by atoms with E-state index in [1.54, 1.807) is 0 Å². The SMILES string of the molecule is N#CC1CCCN1Cc1ccccc1Cl. The second-order valence-corrected chi connectivity index (χ2v) is 4.26. The van der Waals surface area contributed by atoms with Gasteiger partial charge in [-0.2, -0.15) is 5.26 Å². The topological polar surface area (TPSA) is 27.0 Å². The Morgan fingerprint density at radius 1 is 1.47 bits per heavy atom. The van der Waals surface area contributed by atoms with E-state index in [4.69, 9.17) is 16.9 Å². The van der Waals surface area contributed by atoms with Gasteiger partial charge in [0.05, 0.1) is 12.1 Å². The Kier molecular flexibility index (Phi) is 3.25. The van der Waals surface area contributed by atoms with E-state index >= 15 is 0 Å². The molecule has 1 fully saturated rings. The summed E-state index contributed by atoms with van der Waals surface area (Å²) in [5, 5.41) is 9.75. The van der Waals surface area contributed by atoms with Gasteiger partial charge in [0.1, 0.15) is 0 Å².